The molecule has 0 heterocycles. The van der Waals surface area contributed by atoms with E-state index in [1.807, 2.05) is 0 Å². The molecule has 0 aromatic rings. The fourth-order valence-electron chi connectivity index (χ4n) is 8.89. The van der Waals surface area contributed by atoms with Crippen LogP contribution in [0, 0.1) is 0 Å². The molecule has 0 amide bonds. The van der Waals surface area contributed by atoms with E-state index in [1.165, 1.54) is 173 Å². The molecule has 0 N–H and O–H groups in total. The van der Waals surface area contributed by atoms with Gasteiger partial charge < -0.3 is 14.2 Å². The van der Waals surface area contributed by atoms with Gasteiger partial charge in [-0.15, -0.1) is 0 Å². The van der Waals surface area contributed by atoms with Gasteiger partial charge in [0.1, 0.15) is 13.2 Å². The molecular weight excluding hydrogens is 901 g/mol. The van der Waals surface area contributed by atoms with E-state index in [1.54, 1.807) is 0 Å². The highest BCUT2D eigenvalue weighted by Gasteiger charge is 2.19. The number of hydrogen-bond acceptors (Lipinski definition) is 6. The SMILES string of the molecule is CCCCCC/C=C\C/C=C\CCCCCCCC(=O)OC(COC(=O)CCCCCCC/C=C\CCCCCCC)COC(=O)CCCCCCCCCCCC/C=C\C/C=C\C/C=C\CCCCCCC. The second-order valence-electron chi connectivity index (χ2n) is 21.0. The molecule has 0 saturated carbocycles. The summed E-state index contributed by atoms with van der Waals surface area (Å²) >= 11 is 0. The van der Waals surface area contributed by atoms with E-state index in [9.17, 15) is 14.4 Å². The Labute approximate surface area is 453 Å². The van der Waals surface area contributed by atoms with E-state index in [4.69, 9.17) is 14.2 Å². The third kappa shape index (κ3) is 59.6. The number of unbranched alkanes of at least 4 members (excludes halogenated alkanes) is 34. The minimum Gasteiger partial charge on any atom is -0.462 e. The first-order chi connectivity index (χ1) is 36.0. The maximum absolute atomic E-state index is 12.9. The second kappa shape index (κ2) is 61.4. The van der Waals surface area contributed by atoms with E-state index in [0.717, 1.165) is 103 Å². The topological polar surface area (TPSA) is 78.9 Å². The largest absolute Gasteiger partial charge is 0.462 e. The highest BCUT2D eigenvalue weighted by atomic mass is 16.6. The smallest absolute Gasteiger partial charge is 0.306 e. The summed E-state index contributed by atoms with van der Waals surface area (Å²) in [6.45, 7) is 6.61. The predicted molar refractivity (Wildman–Crippen MR) is 316 cm³/mol. The summed E-state index contributed by atoms with van der Waals surface area (Å²) in [4.78, 5) is 38.2. The van der Waals surface area contributed by atoms with E-state index in [2.05, 4.69) is 93.7 Å². The first kappa shape index (κ1) is 69.8. The lowest BCUT2D eigenvalue weighted by atomic mass is 10.1. The molecule has 0 aromatic carbocycles. The minimum absolute atomic E-state index is 0.0848. The van der Waals surface area contributed by atoms with Gasteiger partial charge in [0.2, 0.25) is 0 Å². The standard InChI is InChI=1S/C67H118O6/c1-4-7-10-13-16-19-22-25-28-30-31-32-33-34-35-36-37-38-40-42-45-48-51-54-57-60-66(69)72-63-64(62-71-65(68)59-56-53-50-47-44-41-27-24-21-18-15-12-9-6-3)73-67(70)61-58-55-52-49-46-43-39-29-26-23-20-17-14-11-8-5-2/h20,22-25,27,29-31,33-34,39,64H,4-19,21,26,28,32,35-38,40-63H2,1-3H3/b23-20-,25-22-,27-24-,31-30-,34-33-,39-29-. The number of carbonyl (C=O) groups excluding carboxylic acids is 3. The number of rotatable bonds is 57. The molecule has 0 bridgehead atoms. The van der Waals surface area contributed by atoms with Gasteiger partial charge in [-0.2, -0.15) is 0 Å². The molecule has 422 valence electrons. The normalized spacial score (nSPS) is 12.5. The summed E-state index contributed by atoms with van der Waals surface area (Å²) in [6.07, 6.45) is 79.0. The molecule has 0 aliphatic rings. The Balaban J connectivity index is 4.33. The highest BCUT2D eigenvalue weighted by Crippen LogP contribution is 2.15. The van der Waals surface area contributed by atoms with Crippen molar-refractivity contribution in [3.05, 3.63) is 72.9 Å². The lowest BCUT2D eigenvalue weighted by Crippen LogP contribution is -2.30. The highest BCUT2D eigenvalue weighted by molar-refractivity contribution is 5.71. The Bertz CT molecular complexity index is 1360. The minimum atomic E-state index is -0.788. The Morgan fingerprint density at radius 1 is 0.274 bits per heavy atom. The van der Waals surface area contributed by atoms with Crippen LogP contribution in [0.4, 0.5) is 0 Å². The molecule has 0 spiro atoms. The molecule has 0 radical (unpaired) electrons. The third-order valence-electron chi connectivity index (χ3n) is 13.7. The molecule has 73 heavy (non-hydrogen) atoms. The van der Waals surface area contributed by atoms with Gasteiger partial charge in [-0.25, -0.2) is 0 Å². The van der Waals surface area contributed by atoms with Gasteiger partial charge in [0, 0.05) is 19.3 Å². The van der Waals surface area contributed by atoms with Gasteiger partial charge in [-0.05, 0) is 116 Å². The zero-order valence-corrected chi connectivity index (χ0v) is 48.4. The summed E-state index contributed by atoms with van der Waals surface area (Å²) < 4.78 is 16.9. The van der Waals surface area contributed by atoms with Crippen LogP contribution < -0.4 is 0 Å². The summed E-state index contributed by atoms with van der Waals surface area (Å²) in [5, 5.41) is 0. The molecule has 0 aliphatic heterocycles. The molecule has 1 unspecified atom stereocenters. The van der Waals surface area contributed by atoms with Crippen LogP contribution in [0.2, 0.25) is 0 Å². The molecule has 0 aromatic heterocycles. The van der Waals surface area contributed by atoms with Crippen molar-refractivity contribution in [3.63, 3.8) is 0 Å². The lowest BCUT2D eigenvalue weighted by molar-refractivity contribution is -0.167. The van der Waals surface area contributed by atoms with Gasteiger partial charge in [-0.1, -0.05) is 254 Å². The van der Waals surface area contributed by atoms with Crippen molar-refractivity contribution in [2.24, 2.45) is 0 Å². The number of allylic oxidation sites excluding steroid dienone is 12. The average molecular weight is 1020 g/mol. The van der Waals surface area contributed by atoms with Crippen molar-refractivity contribution in [3.8, 4) is 0 Å². The fourth-order valence-corrected chi connectivity index (χ4v) is 8.89. The van der Waals surface area contributed by atoms with Crippen LogP contribution in [-0.2, 0) is 28.6 Å². The molecular formula is C67H118O6. The van der Waals surface area contributed by atoms with Crippen molar-refractivity contribution in [2.45, 2.75) is 322 Å². The van der Waals surface area contributed by atoms with E-state index in [0.29, 0.717) is 19.3 Å². The van der Waals surface area contributed by atoms with Crippen molar-refractivity contribution in [1.29, 1.82) is 0 Å². The number of carbonyl (C=O) groups is 3. The van der Waals surface area contributed by atoms with Crippen LogP contribution in [0.3, 0.4) is 0 Å². The molecule has 0 fully saturated rings. The van der Waals surface area contributed by atoms with E-state index in [-0.39, 0.29) is 31.1 Å². The van der Waals surface area contributed by atoms with Crippen LogP contribution >= 0.6 is 0 Å². The second-order valence-corrected chi connectivity index (χ2v) is 21.0. The molecule has 0 aliphatic carbocycles. The maximum Gasteiger partial charge on any atom is 0.306 e. The zero-order valence-electron chi connectivity index (χ0n) is 48.4. The number of ether oxygens (including phenoxy) is 3. The predicted octanol–water partition coefficient (Wildman–Crippen LogP) is 21.3. The number of esters is 3. The van der Waals surface area contributed by atoms with Crippen LogP contribution in [0.25, 0.3) is 0 Å². The maximum atomic E-state index is 12.9. The van der Waals surface area contributed by atoms with Crippen molar-refractivity contribution >= 4 is 17.9 Å². The monoisotopic (exact) mass is 1020 g/mol. The van der Waals surface area contributed by atoms with Crippen LogP contribution in [0.5, 0.6) is 0 Å². The molecule has 0 saturated heterocycles. The molecule has 0 rings (SSSR count). The first-order valence-corrected chi connectivity index (χ1v) is 31.4. The fraction of sp³-hybridized carbons (Fsp3) is 0.776. The van der Waals surface area contributed by atoms with Crippen LogP contribution in [0.1, 0.15) is 316 Å². The van der Waals surface area contributed by atoms with E-state index < -0.39 is 6.10 Å². The van der Waals surface area contributed by atoms with Crippen molar-refractivity contribution < 1.29 is 28.6 Å². The van der Waals surface area contributed by atoms with Crippen molar-refractivity contribution in [2.75, 3.05) is 13.2 Å². The summed E-state index contributed by atoms with van der Waals surface area (Å²) in [6, 6.07) is 0. The summed E-state index contributed by atoms with van der Waals surface area (Å²) in [7, 11) is 0. The summed E-state index contributed by atoms with van der Waals surface area (Å²) in [5.74, 6) is -0.899. The van der Waals surface area contributed by atoms with Crippen LogP contribution in [-0.4, -0.2) is 37.2 Å². The Morgan fingerprint density at radius 3 is 0.795 bits per heavy atom. The Kier molecular flexibility index (Phi) is 58.7. The van der Waals surface area contributed by atoms with Crippen LogP contribution in [0.15, 0.2) is 72.9 Å². The zero-order chi connectivity index (χ0) is 52.9. The lowest BCUT2D eigenvalue weighted by Gasteiger charge is -2.18. The van der Waals surface area contributed by atoms with Crippen molar-refractivity contribution in [1.82, 2.24) is 0 Å². The molecule has 6 heteroatoms. The average Bonchev–Trinajstić information content (AvgIpc) is 3.39. The Morgan fingerprint density at radius 2 is 0.493 bits per heavy atom. The first-order valence-electron chi connectivity index (χ1n) is 31.4. The van der Waals surface area contributed by atoms with E-state index >= 15 is 0 Å². The third-order valence-corrected chi connectivity index (χ3v) is 13.7. The van der Waals surface area contributed by atoms with Gasteiger partial charge in [0.25, 0.3) is 0 Å². The summed E-state index contributed by atoms with van der Waals surface area (Å²) in [5.41, 5.74) is 0. The van der Waals surface area contributed by atoms with Gasteiger partial charge in [0.05, 0.1) is 0 Å². The van der Waals surface area contributed by atoms with Gasteiger partial charge >= 0.3 is 17.9 Å². The Hall–Kier alpha value is -3.15. The molecule has 1 atom stereocenters. The quantitative estimate of drug-likeness (QED) is 0.0261. The molecule has 6 nitrogen and oxygen atoms in total. The van der Waals surface area contributed by atoms with Gasteiger partial charge in [-0.3, -0.25) is 14.4 Å². The van der Waals surface area contributed by atoms with Gasteiger partial charge in [0.15, 0.2) is 6.10 Å². The number of hydrogen-bond donors (Lipinski definition) is 0.